The molecule has 0 atom stereocenters. The van der Waals surface area contributed by atoms with Gasteiger partial charge in [-0.3, -0.25) is 5.41 Å². The molecule has 0 aliphatic carbocycles. The number of aromatic amines is 1. The molecule has 3 rings (SSSR count). The van der Waals surface area contributed by atoms with Gasteiger partial charge in [-0.05, 0) is 30.3 Å². The standard InChI is InChI=1S/C16H16N6O3/c1-23-10-5-3-9(4-6-10)13(17)25-15(18)22-16-20-11-7-8-19-14(24-2)12(11)21-16/h3-8,17H,1-2H3,(H3,18,20,21,22). The number of rotatable bonds is 4. The Morgan fingerprint density at radius 2 is 1.92 bits per heavy atom. The molecule has 0 unspecified atom stereocenters. The zero-order chi connectivity index (χ0) is 17.8. The van der Waals surface area contributed by atoms with Crippen LogP contribution in [0.15, 0.2) is 41.5 Å². The molecule has 0 fully saturated rings. The summed E-state index contributed by atoms with van der Waals surface area (Å²) in [6.45, 7) is 0. The predicted molar refractivity (Wildman–Crippen MR) is 92.6 cm³/mol. The van der Waals surface area contributed by atoms with Crippen molar-refractivity contribution in [1.82, 2.24) is 15.0 Å². The number of aliphatic imine (C=N–C) groups is 1. The van der Waals surface area contributed by atoms with Crippen molar-refractivity contribution >= 4 is 28.9 Å². The molecule has 1 aromatic carbocycles. The average molecular weight is 340 g/mol. The first-order valence-electron chi connectivity index (χ1n) is 7.24. The monoisotopic (exact) mass is 340 g/mol. The second kappa shape index (κ2) is 6.87. The number of hydrogen-bond acceptors (Lipinski definition) is 7. The molecule has 0 aliphatic rings. The molecule has 128 valence electrons. The number of ether oxygens (including phenoxy) is 3. The molecule has 0 spiro atoms. The van der Waals surface area contributed by atoms with Crippen LogP contribution in [0.2, 0.25) is 0 Å². The van der Waals surface area contributed by atoms with Gasteiger partial charge in [-0.1, -0.05) is 0 Å². The number of nitrogens with two attached hydrogens (primary N) is 1. The molecular weight excluding hydrogens is 324 g/mol. The number of amidine groups is 1. The molecular formula is C16H16N6O3. The maximum atomic E-state index is 7.94. The lowest BCUT2D eigenvalue weighted by Gasteiger charge is -2.06. The fourth-order valence-electron chi connectivity index (χ4n) is 2.13. The summed E-state index contributed by atoms with van der Waals surface area (Å²) in [6, 6.07) is 8.34. The van der Waals surface area contributed by atoms with Gasteiger partial charge < -0.3 is 24.9 Å². The fourth-order valence-corrected chi connectivity index (χ4v) is 2.13. The fraction of sp³-hybridized carbons (Fsp3) is 0.125. The van der Waals surface area contributed by atoms with E-state index in [1.54, 1.807) is 43.6 Å². The molecule has 9 heteroatoms. The minimum Gasteiger partial charge on any atom is -0.497 e. The number of methoxy groups -OCH3 is 2. The SMILES string of the molecule is COc1ccc(C(=N)O/C(N)=N/c2nc3c(OC)nccc3[nH]2)cc1. The molecule has 3 aromatic rings. The van der Waals surface area contributed by atoms with Crippen LogP contribution in [0.5, 0.6) is 11.6 Å². The van der Waals surface area contributed by atoms with Gasteiger partial charge in [0, 0.05) is 11.8 Å². The maximum absolute atomic E-state index is 7.94. The smallest absolute Gasteiger partial charge is 0.296 e. The van der Waals surface area contributed by atoms with Crippen LogP contribution >= 0.6 is 0 Å². The first-order valence-corrected chi connectivity index (χ1v) is 7.24. The van der Waals surface area contributed by atoms with Gasteiger partial charge in [0.2, 0.25) is 17.7 Å². The van der Waals surface area contributed by atoms with Crippen molar-refractivity contribution in [3.05, 3.63) is 42.1 Å². The van der Waals surface area contributed by atoms with Gasteiger partial charge >= 0.3 is 0 Å². The van der Waals surface area contributed by atoms with E-state index in [1.165, 1.54) is 7.11 Å². The highest BCUT2D eigenvalue weighted by atomic mass is 16.5. The van der Waals surface area contributed by atoms with Crippen LogP contribution in [-0.4, -0.2) is 41.1 Å². The van der Waals surface area contributed by atoms with Gasteiger partial charge in [0.15, 0.2) is 5.52 Å². The lowest BCUT2D eigenvalue weighted by atomic mass is 10.2. The Morgan fingerprint density at radius 1 is 1.16 bits per heavy atom. The normalized spacial score (nSPS) is 11.4. The summed E-state index contributed by atoms with van der Waals surface area (Å²) in [7, 11) is 3.08. The van der Waals surface area contributed by atoms with E-state index in [-0.39, 0.29) is 17.9 Å². The Bertz CT molecular complexity index is 933. The Hall–Kier alpha value is -3.62. The Balaban J connectivity index is 1.77. The summed E-state index contributed by atoms with van der Waals surface area (Å²) in [5.41, 5.74) is 7.51. The number of hydrogen-bond donors (Lipinski definition) is 3. The van der Waals surface area contributed by atoms with Gasteiger partial charge in [0.1, 0.15) is 5.75 Å². The molecule has 0 radical (unpaired) electrons. The quantitative estimate of drug-likeness (QED) is 0.491. The summed E-state index contributed by atoms with van der Waals surface area (Å²) in [5, 5.41) is 7.94. The van der Waals surface area contributed by atoms with Crippen LogP contribution in [0.25, 0.3) is 11.0 Å². The van der Waals surface area contributed by atoms with E-state index in [1.807, 2.05) is 0 Å². The Kier molecular flexibility index (Phi) is 4.46. The van der Waals surface area contributed by atoms with Gasteiger partial charge in [0.25, 0.3) is 6.02 Å². The molecule has 2 aromatic heterocycles. The van der Waals surface area contributed by atoms with Crippen LogP contribution in [0.4, 0.5) is 5.95 Å². The van der Waals surface area contributed by atoms with Gasteiger partial charge in [-0.15, -0.1) is 0 Å². The second-order valence-corrected chi connectivity index (χ2v) is 4.89. The number of H-pyrrole nitrogens is 1. The molecule has 0 aliphatic heterocycles. The van der Waals surface area contributed by atoms with Gasteiger partial charge in [-0.25, -0.2) is 9.97 Å². The summed E-state index contributed by atoms with van der Waals surface area (Å²) in [6.07, 6.45) is 1.59. The van der Waals surface area contributed by atoms with E-state index in [0.29, 0.717) is 28.2 Å². The second-order valence-electron chi connectivity index (χ2n) is 4.89. The first-order chi connectivity index (χ1) is 12.1. The van der Waals surface area contributed by atoms with Crippen LogP contribution in [-0.2, 0) is 4.74 Å². The average Bonchev–Trinajstić information content (AvgIpc) is 3.03. The van der Waals surface area contributed by atoms with Crippen molar-refractivity contribution in [1.29, 1.82) is 5.41 Å². The highest BCUT2D eigenvalue weighted by Crippen LogP contribution is 2.23. The summed E-state index contributed by atoms with van der Waals surface area (Å²) < 4.78 is 15.4. The van der Waals surface area contributed by atoms with Crippen molar-refractivity contribution in [2.75, 3.05) is 14.2 Å². The van der Waals surface area contributed by atoms with Gasteiger partial charge in [0.05, 0.1) is 19.7 Å². The first kappa shape index (κ1) is 16.2. The third-order valence-electron chi connectivity index (χ3n) is 3.32. The molecule has 25 heavy (non-hydrogen) atoms. The molecule has 2 heterocycles. The molecule has 4 N–H and O–H groups in total. The molecule has 0 amide bonds. The lowest BCUT2D eigenvalue weighted by molar-refractivity contribution is 0.402. The van der Waals surface area contributed by atoms with Crippen molar-refractivity contribution in [2.45, 2.75) is 0 Å². The van der Waals surface area contributed by atoms with Crippen LogP contribution < -0.4 is 15.2 Å². The van der Waals surface area contributed by atoms with Crippen LogP contribution in [0.1, 0.15) is 5.56 Å². The van der Waals surface area contributed by atoms with E-state index in [4.69, 9.17) is 25.4 Å². The van der Waals surface area contributed by atoms with E-state index in [2.05, 4.69) is 19.9 Å². The van der Waals surface area contributed by atoms with Crippen molar-refractivity contribution in [3.63, 3.8) is 0 Å². The number of nitrogens with one attached hydrogen (secondary N) is 2. The molecule has 0 saturated carbocycles. The number of aromatic nitrogens is 3. The third-order valence-corrected chi connectivity index (χ3v) is 3.32. The van der Waals surface area contributed by atoms with Crippen molar-refractivity contribution in [3.8, 4) is 11.6 Å². The number of fused-ring (bicyclic) bond motifs is 1. The summed E-state index contributed by atoms with van der Waals surface area (Å²) in [5.74, 6) is 1.14. The van der Waals surface area contributed by atoms with Crippen LogP contribution in [0.3, 0.4) is 0 Å². The Labute approximate surface area is 143 Å². The van der Waals surface area contributed by atoms with Crippen molar-refractivity contribution < 1.29 is 14.2 Å². The van der Waals surface area contributed by atoms with Gasteiger partial charge in [-0.2, -0.15) is 4.99 Å². The molecule has 0 bridgehead atoms. The summed E-state index contributed by atoms with van der Waals surface area (Å²) in [4.78, 5) is 15.3. The highest BCUT2D eigenvalue weighted by Gasteiger charge is 2.10. The van der Waals surface area contributed by atoms with E-state index < -0.39 is 0 Å². The van der Waals surface area contributed by atoms with Crippen molar-refractivity contribution in [2.24, 2.45) is 10.7 Å². The molecule has 0 saturated heterocycles. The predicted octanol–water partition coefficient (Wildman–Crippen LogP) is 1.96. The number of pyridine rings is 1. The zero-order valence-corrected chi connectivity index (χ0v) is 13.6. The maximum Gasteiger partial charge on any atom is 0.296 e. The highest BCUT2D eigenvalue weighted by molar-refractivity contribution is 5.99. The van der Waals surface area contributed by atoms with E-state index in [0.717, 1.165) is 0 Å². The Morgan fingerprint density at radius 3 is 2.60 bits per heavy atom. The van der Waals surface area contributed by atoms with E-state index in [9.17, 15) is 0 Å². The summed E-state index contributed by atoms with van der Waals surface area (Å²) >= 11 is 0. The van der Waals surface area contributed by atoms with E-state index >= 15 is 0 Å². The van der Waals surface area contributed by atoms with Crippen LogP contribution in [0, 0.1) is 5.41 Å². The largest absolute Gasteiger partial charge is 0.497 e. The lowest BCUT2D eigenvalue weighted by Crippen LogP contribution is -2.20. The minimum absolute atomic E-state index is 0.140. The number of benzene rings is 1. The third kappa shape index (κ3) is 3.50. The number of imidazole rings is 1. The minimum atomic E-state index is -0.216. The number of nitrogens with zero attached hydrogens (tertiary/aromatic N) is 3. The molecule has 9 nitrogen and oxygen atoms in total. The topological polar surface area (TPSA) is 131 Å². The zero-order valence-electron chi connectivity index (χ0n) is 13.6.